The smallest absolute Gasteiger partial charge is 0.140 e. The molecule has 1 aliphatic rings. The molecule has 0 N–H and O–H groups in total. The van der Waals surface area contributed by atoms with E-state index in [0.717, 1.165) is 24.3 Å². The molecule has 0 radical (unpaired) electrons. The molecule has 1 saturated carbocycles. The van der Waals surface area contributed by atoms with Gasteiger partial charge in [0.05, 0.1) is 5.02 Å². The predicted molar refractivity (Wildman–Crippen MR) is 78.3 cm³/mol. The minimum Gasteiger partial charge on any atom is -0.299 e. The lowest BCUT2D eigenvalue weighted by Crippen LogP contribution is -2.23. The van der Waals surface area contributed by atoms with E-state index >= 15 is 0 Å². The van der Waals surface area contributed by atoms with Crippen LogP contribution in [0.4, 0.5) is 0 Å². The van der Waals surface area contributed by atoms with Crippen molar-refractivity contribution < 1.29 is 4.79 Å². The van der Waals surface area contributed by atoms with Gasteiger partial charge < -0.3 is 0 Å². The molecule has 0 saturated heterocycles. The second kappa shape index (κ2) is 7.04. The van der Waals surface area contributed by atoms with Crippen LogP contribution in [0.3, 0.4) is 0 Å². The molecule has 2 nitrogen and oxygen atoms in total. The molecule has 0 aromatic carbocycles. The number of rotatable bonds is 5. The summed E-state index contributed by atoms with van der Waals surface area (Å²) in [5.74, 6) is 1.44. The number of Topliss-reactive ketones (excluding diaryl/α,β-unsaturated/α-hetero) is 1. The van der Waals surface area contributed by atoms with Crippen LogP contribution in [0.25, 0.3) is 0 Å². The Hall–Kier alpha value is -0.890. The highest BCUT2D eigenvalue weighted by Crippen LogP contribution is 2.32. The molecule has 104 valence electrons. The number of hydrogen-bond acceptors (Lipinski definition) is 2. The zero-order valence-electron chi connectivity index (χ0n) is 11.6. The lowest BCUT2D eigenvalue weighted by molar-refractivity contribution is -0.123. The van der Waals surface area contributed by atoms with E-state index in [1.807, 2.05) is 6.07 Å². The van der Waals surface area contributed by atoms with E-state index in [2.05, 4.69) is 11.9 Å². The van der Waals surface area contributed by atoms with Gasteiger partial charge in [0.2, 0.25) is 0 Å². The van der Waals surface area contributed by atoms with Crippen LogP contribution < -0.4 is 0 Å². The van der Waals surface area contributed by atoms with Gasteiger partial charge in [-0.15, -0.1) is 0 Å². The van der Waals surface area contributed by atoms with Crippen LogP contribution in [0.2, 0.25) is 5.02 Å². The van der Waals surface area contributed by atoms with Gasteiger partial charge in [-0.25, -0.2) is 0 Å². The second-order valence-corrected chi connectivity index (χ2v) is 6.02. The van der Waals surface area contributed by atoms with Crippen molar-refractivity contribution in [1.82, 2.24) is 4.98 Å². The van der Waals surface area contributed by atoms with Crippen molar-refractivity contribution in [3.63, 3.8) is 0 Å². The number of hydrogen-bond donors (Lipinski definition) is 0. The molecule has 1 aromatic rings. The van der Waals surface area contributed by atoms with Gasteiger partial charge in [-0.1, -0.05) is 31.4 Å². The van der Waals surface area contributed by atoms with Crippen molar-refractivity contribution in [3.05, 3.63) is 29.0 Å². The van der Waals surface area contributed by atoms with Gasteiger partial charge in [0, 0.05) is 24.7 Å². The maximum atomic E-state index is 12.3. The van der Waals surface area contributed by atoms with Gasteiger partial charge in [-0.2, -0.15) is 0 Å². The van der Waals surface area contributed by atoms with Crippen molar-refractivity contribution >= 4 is 17.4 Å². The molecule has 0 spiro atoms. The normalized spacial score (nSPS) is 23.3. The van der Waals surface area contributed by atoms with Crippen LogP contribution in [-0.4, -0.2) is 10.8 Å². The zero-order chi connectivity index (χ0) is 13.7. The van der Waals surface area contributed by atoms with Gasteiger partial charge in [0.25, 0.3) is 0 Å². The minimum atomic E-state index is 0.248. The first-order valence-electron chi connectivity index (χ1n) is 7.31. The van der Waals surface area contributed by atoms with E-state index in [4.69, 9.17) is 11.6 Å². The first-order valence-corrected chi connectivity index (χ1v) is 7.69. The van der Waals surface area contributed by atoms with E-state index in [9.17, 15) is 4.79 Å². The lowest BCUT2D eigenvalue weighted by Gasteiger charge is -2.27. The summed E-state index contributed by atoms with van der Waals surface area (Å²) in [6.07, 6.45) is 10.9. The highest BCUT2D eigenvalue weighted by atomic mass is 35.5. The SMILES string of the molecule is CCCC1CCC(C(=O)Cc2ccncc2Cl)CC1. The van der Waals surface area contributed by atoms with Gasteiger partial charge in [-0.3, -0.25) is 9.78 Å². The second-order valence-electron chi connectivity index (χ2n) is 5.62. The van der Waals surface area contributed by atoms with E-state index in [0.29, 0.717) is 17.2 Å². The first kappa shape index (κ1) is 14.5. The van der Waals surface area contributed by atoms with Crippen LogP contribution in [0.15, 0.2) is 18.5 Å². The summed E-state index contributed by atoms with van der Waals surface area (Å²) in [6, 6.07) is 1.85. The van der Waals surface area contributed by atoms with Crippen molar-refractivity contribution in [2.24, 2.45) is 11.8 Å². The maximum absolute atomic E-state index is 12.3. The first-order chi connectivity index (χ1) is 9.20. The highest BCUT2D eigenvalue weighted by Gasteiger charge is 2.25. The summed E-state index contributed by atoms with van der Waals surface area (Å²) in [6.45, 7) is 2.24. The third-order valence-corrected chi connectivity index (χ3v) is 4.56. The summed E-state index contributed by atoms with van der Waals surface area (Å²) < 4.78 is 0. The number of carbonyl (C=O) groups excluding carboxylic acids is 1. The molecule has 1 fully saturated rings. The highest BCUT2D eigenvalue weighted by molar-refractivity contribution is 6.31. The quantitative estimate of drug-likeness (QED) is 0.797. The van der Waals surface area contributed by atoms with Crippen molar-refractivity contribution in [1.29, 1.82) is 0 Å². The summed E-state index contributed by atoms with van der Waals surface area (Å²) in [5.41, 5.74) is 0.914. The van der Waals surface area contributed by atoms with Crippen LogP contribution in [0.1, 0.15) is 51.0 Å². The minimum absolute atomic E-state index is 0.248. The van der Waals surface area contributed by atoms with E-state index < -0.39 is 0 Å². The van der Waals surface area contributed by atoms with Gasteiger partial charge in [0.1, 0.15) is 5.78 Å². The maximum Gasteiger partial charge on any atom is 0.140 e. The molecule has 1 heterocycles. The van der Waals surface area contributed by atoms with Gasteiger partial charge >= 0.3 is 0 Å². The van der Waals surface area contributed by atoms with Crippen LogP contribution in [-0.2, 0) is 11.2 Å². The molecule has 19 heavy (non-hydrogen) atoms. The third-order valence-electron chi connectivity index (χ3n) is 4.22. The van der Waals surface area contributed by atoms with Crippen LogP contribution >= 0.6 is 11.6 Å². The van der Waals surface area contributed by atoms with Crippen molar-refractivity contribution in [3.8, 4) is 0 Å². The van der Waals surface area contributed by atoms with E-state index in [-0.39, 0.29) is 5.92 Å². The molecule has 1 aromatic heterocycles. The Morgan fingerprint density at radius 2 is 2.11 bits per heavy atom. The largest absolute Gasteiger partial charge is 0.299 e. The van der Waals surface area contributed by atoms with Crippen LogP contribution in [0, 0.1) is 11.8 Å². The molecule has 0 atom stereocenters. The summed E-state index contributed by atoms with van der Waals surface area (Å²) in [4.78, 5) is 16.3. The van der Waals surface area contributed by atoms with E-state index in [1.165, 1.54) is 25.7 Å². The Balaban J connectivity index is 1.87. The average Bonchev–Trinajstić information content (AvgIpc) is 2.42. The molecule has 0 unspecified atom stereocenters. The fourth-order valence-corrected chi connectivity index (χ4v) is 3.25. The summed E-state index contributed by atoms with van der Waals surface area (Å²) >= 11 is 6.06. The zero-order valence-corrected chi connectivity index (χ0v) is 12.3. The fraction of sp³-hybridized carbons (Fsp3) is 0.625. The lowest BCUT2D eigenvalue weighted by atomic mass is 9.77. The van der Waals surface area contributed by atoms with Crippen molar-refractivity contribution in [2.75, 3.05) is 0 Å². The number of halogens is 1. The van der Waals surface area contributed by atoms with Crippen LogP contribution in [0.5, 0.6) is 0 Å². The Bertz CT molecular complexity index is 425. The average molecular weight is 280 g/mol. The number of ketones is 1. The number of aromatic nitrogens is 1. The third kappa shape index (κ3) is 4.04. The monoisotopic (exact) mass is 279 g/mol. The summed E-state index contributed by atoms with van der Waals surface area (Å²) in [7, 11) is 0. The molecule has 0 aliphatic heterocycles. The Morgan fingerprint density at radius 1 is 1.37 bits per heavy atom. The molecule has 1 aliphatic carbocycles. The Morgan fingerprint density at radius 3 is 2.74 bits per heavy atom. The van der Waals surface area contributed by atoms with E-state index in [1.54, 1.807) is 12.4 Å². The fourth-order valence-electron chi connectivity index (χ4n) is 3.06. The van der Waals surface area contributed by atoms with Gasteiger partial charge in [0.15, 0.2) is 0 Å². The molecular weight excluding hydrogens is 258 g/mol. The summed E-state index contributed by atoms with van der Waals surface area (Å²) in [5, 5.41) is 0.607. The number of pyridine rings is 1. The molecule has 0 bridgehead atoms. The van der Waals surface area contributed by atoms with Gasteiger partial charge in [-0.05, 0) is 43.2 Å². The molecule has 0 amide bonds. The number of carbonyl (C=O) groups is 1. The molecule has 3 heteroatoms. The topological polar surface area (TPSA) is 30.0 Å². The Labute approximate surface area is 120 Å². The standard InChI is InChI=1S/C16H22ClNO/c1-2-3-12-4-6-13(7-5-12)16(19)10-14-8-9-18-11-15(14)17/h8-9,11-13H,2-7,10H2,1H3. The molecular formula is C16H22ClNO. The molecule has 2 rings (SSSR count). The van der Waals surface area contributed by atoms with Crippen molar-refractivity contribution in [2.45, 2.75) is 51.9 Å². The predicted octanol–water partition coefficient (Wildman–Crippen LogP) is 4.45. The Kier molecular flexibility index (Phi) is 5.38. The number of nitrogens with zero attached hydrogens (tertiary/aromatic N) is 1.